The smallest absolute Gasteiger partial charge is 0.0926 e. The van der Waals surface area contributed by atoms with Crippen molar-refractivity contribution >= 4 is 11.3 Å². The molecular formula is C13H22N2OS. The van der Waals surface area contributed by atoms with E-state index in [0.29, 0.717) is 12.5 Å². The zero-order valence-electron chi connectivity index (χ0n) is 10.5. The Hall–Kier alpha value is -0.450. The van der Waals surface area contributed by atoms with Gasteiger partial charge in [0.2, 0.25) is 0 Å². The molecule has 0 aromatic carbocycles. The zero-order chi connectivity index (χ0) is 12.1. The molecule has 0 aliphatic heterocycles. The summed E-state index contributed by atoms with van der Waals surface area (Å²) in [5.74, 6) is 0.518. The van der Waals surface area contributed by atoms with Crippen molar-refractivity contribution < 1.29 is 5.11 Å². The molecule has 17 heavy (non-hydrogen) atoms. The summed E-state index contributed by atoms with van der Waals surface area (Å²) in [5.41, 5.74) is 1.10. The first kappa shape index (κ1) is 13.0. The maximum atomic E-state index is 10.00. The number of rotatable bonds is 6. The van der Waals surface area contributed by atoms with Gasteiger partial charge in [0.15, 0.2) is 0 Å². The average Bonchev–Trinajstić information content (AvgIpc) is 3.00. The lowest BCUT2D eigenvalue weighted by Crippen LogP contribution is -2.31. The fourth-order valence-corrected chi connectivity index (χ4v) is 3.19. The standard InChI is InChI=1S/C13H22N2OS/c1-2-13-15-11(9-17-13)7-14-8-12(16)10-5-3-4-6-10/h9-10,12,14,16H,2-8H2,1H3. The molecule has 1 aliphatic carbocycles. The first-order valence-electron chi connectivity index (χ1n) is 6.61. The Morgan fingerprint density at radius 3 is 2.94 bits per heavy atom. The molecule has 2 rings (SSSR count). The number of aryl methyl sites for hydroxylation is 1. The van der Waals surface area contributed by atoms with Gasteiger partial charge in [-0.15, -0.1) is 11.3 Å². The number of nitrogens with zero attached hydrogens (tertiary/aromatic N) is 1. The quantitative estimate of drug-likeness (QED) is 0.819. The van der Waals surface area contributed by atoms with Crippen LogP contribution in [0.2, 0.25) is 0 Å². The van der Waals surface area contributed by atoms with Gasteiger partial charge in [0, 0.05) is 18.5 Å². The van der Waals surface area contributed by atoms with Crippen molar-refractivity contribution in [2.75, 3.05) is 6.54 Å². The van der Waals surface area contributed by atoms with Gasteiger partial charge in [0.25, 0.3) is 0 Å². The molecule has 1 atom stereocenters. The molecule has 1 unspecified atom stereocenters. The Morgan fingerprint density at radius 1 is 1.53 bits per heavy atom. The summed E-state index contributed by atoms with van der Waals surface area (Å²) in [6.45, 7) is 3.60. The van der Waals surface area contributed by atoms with Crippen LogP contribution in [0.3, 0.4) is 0 Å². The lowest BCUT2D eigenvalue weighted by molar-refractivity contribution is 0.109. The van der Waals surface area contributed by atoms with Crippen LogP contribution in [0.15, 0.2) is 5.38 Å². The monoisotopic (exact) mass is 254 g/mol. The van der Waals surface area contributed by atoms with Crippen molar-refractivity contribution in [3.05, 3.63) is 16.1 Å². The molecule has 1 fully saturated rings. The van der Waals surface area contributed by atoms with E-state index in [1.54, 1.807) is 11.3 Å². The highest BCUT2D eigenvalue weighted by Crippen LogP contribution is 2.27. The van der Waals surface area contributed by atoms with Gasteiger partial charge < -0.3 is 10.4 Å². The molecule has 3 nitrogen and oxygen atoms in total. The SMILES string of the molecule is CCc1nc(CNCC(O)C2CCCC2)cs1. The van der Waals surface area contributed by atoms with Gasteiger partial charge in [-0.1, -0.05) is 19.8 Å². The second kappa shape index (κ2) is 6.47. The summed E-state index contributed by atoms with van der Waals surface area (Å²) in [7, 11) is 0. The fraction of sp³-hybridized carbons (Fsp3) is 0.769. The van der Waals surface area contributed by atoms with Crippen LogP contribution in [0.5, 0.6) is 0 Å². The van der Waals surface area contributed by atoms with Gasteiger partial charge in [-0.05, 0) is 25.2 Å². The Labute approximate surface area is 107 Å². The van der Waals surface area contributed by atoms with Crippen molar-refractivity contribution in [2.24, 2.45) is 5.92 Å². The van der Waals surface area contributed by atoms with E-state index in [1.807, 2.05) is 0 Å². The lowest BCUT2D eigenvalue weighted by atomic mass is 10.0. The second-order valence-electron chi connectivity index (χ2n) is 4.83. The summed E-state index contributed by atoms with van der Waals surface area (Å²) < 4.78 is 0. The molecule has 1 heterocycles. The number of hydrogen-bond donors (Lipinski definition) is 2. The van der Waals surface area contributed by atoms with Crippen LogP contribution >= 0.6 is 11.3 Å². The van der Waals surface area contributed by atoms with E-state index in [1.165, 1.54) is 30.7 Å². The van der Waals surface area contributed by atoms with Crippen LogP contribution in [-0.4, -0.2) is 22.7 Å². The Morgan fingerprint density at radius 2 is 2.29 bits per heavy atom. The Bertz CT molecular complexity index is 334. The minimum Gasteiger partial charge on any atom is -0.392 e. The van der Waals surface area contributed by atoms with Gasteiger partial charge >= 0.3 is 0 Å². The van der Waals surface area contributed by atoms with E-state index in [4.69, 9.17) is 0 Å². The van der Waals surface area contributed by atoms with E-state index < -0.39 is 0 Å². The highest BCUT2D eigenvalue weighted by atomic mass is 32.1. The molecule has 1 aromatic heterocycles. The summed E-state index contributed by atoms with van der Waals surface area (Å²) in [5, 5.41) is 16.6. The number of thiazole rings is 1. The molecule has 0 spiro atoms. The van der Waals surface area contributed by atoms with E-state index in [9.17, 15) is 5.11 Å². The van der Waals surface area contributed by atoms with Crippen molar-refractivity contribution in [3.63, 3.8) is 0 Å². The van der Waals surface area contributed by atoms with Crippen molar-refractivity contribution in [2.45, 2.75) is 51.7 Å². The summed E-state index contributed by atoms with van der Waals surface area (Å²) in [6, 6.07) is 0. The lowest BCUT2D eigenvalue weighted by Gasteiger charge is -2.17. The van der Waals surface area contributed by atoms with E-state index in [-0.39, 0.29) is 6.10 Å². The van der Waals surface area contributed by atoms with Gasteiger partial charge in [0.05, 0.1) is 16.8 Å². The maximum Gasteiger partial charge on any atom is 0.0926 e. The fourth-order valence-electron chi connectivity index (χ4n) is 2.45. The van der Waals surface area contributed by atoms with Crippen LogP contribution in [0.25, 0.3) is 0 Å². The first-order valence-corrected chi connectivity index (χ1v) is 7.49. The number of aliphatic hydroxyl groups excluding tert-OH is 1. The van der Waals surface area contributed by atoms with Gasteiger partial charge in [-0.25, -0.2) is 4.98 Å². The predicted octanol–water partition coefficient (Wildman–Crippen LogP) is 2.35. The number of aliphatic hydroxyl groups is 1. The molecular weight excluding hydrogens is 232 g/mol. The third-order valence-corrected chi connectivity index (χ3v) is 4.55. The van der Waals surface area contributed by atoms with Crippen molar-refractivity contribution in [1.82, 2.24) is 10.3 Å². The van der Waals surface area contributed by atoms with Gasteiger partial charge in [-0.3, -0.25) is 0 Å². The molecule has 0 amide bonds. The van der Waals surface area contributed by atoms with Crippen LogP contribution < -0.4 is 5.32 Å². The first-order chi connectivity index (χ1) is 8.29. The van der Waals surface area contributed by atoms with Crippen LogP contribution in [-0.2, 0) is 13.0 Å². The van der Waals surface area contributed by atoms with E-state index in [2.05, 4.69) is 22.6 Å². The second-order valence-corrected chi connectivity index (χ2v) is 5.77. The minimum absolute atomic E-state index is 0.179. The van der Waals surface area contributed by atoms with Crippen molar-refractivity contribution in [1.29, 1.82) is 0 Å². The normalized spacial score (nSPS) is 18.7. The van der Waals surface area contributed by atoms with E-state index >= 15 is 0 Å². The topological polar surface area (TPSA) is 45.2 Å². The van der Waals surface area contributed by atoms with Crippen LogP contribution in [0.1, 0.15) is 43.3 Å². The minimum atomic E-state index is -0.179. The van der Waals surface area contributed by atoms with Gasteiger partial charge in [-0.2, -0.15) is 0 Å². The number of aromatic nitrogens is 1. The predicted molar refractivity (Wildman–Crippen MR) is 71.2 cm³/mol. The largest absolute Gasteiger partial charge is 0.392 e. The van der Waals surface area contributed by atoms with E-state index in [0.717, 1.165) is 18.7 Å². The molecule has 4 heteroatoms. The molecule has 0 radical (unpaired) electrons. The number of nitrogens with one attached hydrogen (secondary N) is 1. The molecule has 1 saturated carbocycles. The maximum absolute atomic E-state index is 10.00. The molecule has 2 N–H and O–H groups in total. The van der Waals surface area contributed by atoms with Crippen molar-refractivity contribution in [3.8, 4) is 0 Å². The summed E-state index contributed by atoms with van der Waals surface area (Å²) in [4.78, 5) is 4.50. The summed E-state index contributed by atoms with van der Waals surface area (Å²) in [6.07, 6.45) is 5.79. The highest BCUT2D eigenvalue weighted by molar-refractivity contribution is 7.09. The van der Waals surface area contributed by atoms with Gasteiger partial charge in [0.1, 0.15) is 0 Å². The Kier molecular flexibility index (Phi) is 4.95. The molecule has 96 valence electrons. The summed E-state index contributed by atoms with van der Waals surface area (Å²) >= 11 is 1.72. The third-order valence-electron chi connectivity index (χ3n) is 3.51. The molecule has 0 saturated heterocycles. The zero-order valence-corrected chi connectivity index (χ0v) is 11.3. The third kappa shape index (κ3) is 3.76. The molecule has 1 aliphatic rings. The van der Waals surface area contributed by atoms with Crippen LogP contribution in [0.4, 0.5) is 0 Å². The molecule has 1 aromatic rings. The van der Waals surface area contributed by atoms with Crippen LogP contribution in [0, 0.1) is 5.92 Å². The average molecular weight is 254 g/mol. The number of hydrogen-bond acceptors (Lipinski definition) is 4. The Balaban J connectivity index is 1.68. The molecule has 0 bridgehead atoms. The highest BCUT2D eigenvalue weighted by Gasteiger charge is 2.22.